The lowest BCUT2D eigenvalue weighted by molar-refractivity contribution is 0.422. The molecule has 17 heavy (non-hydrogen) atoms. The summed E-state index contributed by atoms with van der Waals surface area (Å²) in [6.07, 6.45) is 2.37. The third-order valence-electron chi connectivity index (χ3n) is 2.94. The van der Waals surface area contributed by atoms with Gasteiger partial charge >= 0.3 is 0 Å². The Morgan fingerprint density at radius 3 is 2.12 bits per heavy atom. The third kappa shape index (κ3) is 5.88. The minimum Gasteiger partial charge on any atom is -0.312 e. The van der Waals surface area contributed by atoms with Gasteiger partial charge in [-0.2, -0.15) is 0 Å². The average Bonchev–Trinajstić information content (AvgIpc) is 2.24. The first kappa shape index (κ1) is 14.2. The van der Waals surface area contributed by atoms with Gasteiger partial charge in [0.05, 0.1) is 0 Å². The summed E-state index contributed by atoms with van der Waals surface area (Å²) < 4.78 is 0. The zero-order valence-corrected chi connectivity index (χ0v) is 12.0. The van der Waals surface area contributed by atoms with Crippen LogP contribution in [0.4, 0.5) is 0 Å². The van der Waals surface area contributed by atoms with Crippen molar-refractivity contribution in [1.29, 1.82) is 0 Å². The lowest BCUT2D eigenvalue weighted by atomic mass is 10.00. The topological polar surface area (TPSA) is 12.0 Å². The lowest BCUT2D eigenvalue weighted by Crippen LogP contribution is -2.36. The van der Waals surface area contributed by atoms with Crippen LogP contribution in [0.15, 0.2) is 24.3 Å². The molecule has 1 heteroatoms. The van der Waals surface area contributed by atoms with E-state index in [0.29, 0.717) is 5.92 Å². The maximum atomic E-state index is 3.52. The first-order valence-corrected chi connectivity index (χ1v) is 6.72. The van der Waals surface area contributed by atoms with Crippen LogP contribution in [0.2, 0.25) is 0 Å². The van der Waals surface area contributed by atoms with E-state index in [1.807, 2.05) is 0 Å². The van der Waals surface area contributed by atoms with Gasteiger partial charge in [-0.3, -0.25) is 0 Å². The third-order valence-corrected chi connectivity index (χ3v) is 2.94. The predicted molar refractivity (Wildman–Crippen MR) is 76.6 cm³/mol. The molecule has 1 aromatic rings. The Morgan fingerprint density at radius 1 is 1.06 bits per heavy atom. The Balaban J connectivity index is 2.33. The van der Waals surface area contributed by atoms with Crippen LogP contribution in [0.5, 0.6) is 0 Å². The fraction of sp³-hybridized carbons (Fsp3) is 0.625. The Hall–Kier alpha value is -0.820. The molecule has 0 bridgehead atoms. The molecule has 0 fully saturated rings. The van der Waals surface area contributed by atoms with Gasteiger partial charge in [-0.25, -0.2) is 0 Å². The van der Waals surface area contributed by atoms with Crippen molar-refractivity contribution < 1.29 is 0 Å². The molecule has 1 rings (SSSR count). The van der Waals surface area contributed by atoms with E-state index in [2.05, 4.69) is 64.2 Å². The fourth-order valence-corrected chi connectivity index (χ4v) is 1.83. The summed E-state index contributed by atoms with van der Waals surface area (Å²) in [7, 11) is 0. The van der Waals surface area contributed by atoms with E-state index in [0.717, 1.165) is 6.54 Å². The number of nitrogens with one attached hydrogen (secondary N) is 1. The van der Waals surface area contributed by atoms with E-state index in [-0.39, 0.29) is 5.54 Å². The van der Waals surface area contributed by atoms with Gasteiger partial charge in [0.2, 0.25) is 0 Å². The second kappa shape index (κ2) is 6.20. The lowest BCUT2D eigenvalue weighted by Gasteiger charge is -2.20. The molecule has 0 aliphatic rings. The molecule has 1 aromatic carbocycles. The highest BCUT2D eigenvalue weighted by Crippen LogP contribution is 2.15. The fourth-order valence-electron chi connectivity index (χ4n) is 1.83. The van der Waals surface area contributed by atoms with Crippen molar-refractivity contribution in [3.8, 4) is 0 Å². The molecular formula is C16H27N. The van der Waals surface area contributed by atoms with E-state index < -0.39 is 0 Å². The van der Waals surface area contributed by atoms with Gasteiger partial charge in [0.25, 0.3) is 0 Å². The zero-order chi connectivity index (χ0) is 12.9. The Kier molecular flexibility index (Phi) is 5.20. The van der Waals surface area contributed by atoms with Crippen LogP contribution in [0.1, 0.15) is 58.1 Å². The van der Waals surface area contributed by atoms with Crippen molar-refractivity contribution in [2.45, 2.75) is 58.9 Å². The molecule has 96 valence electrons. The molecule has 1 N–H and O–H groups in total. The normalized spacial score (nSPS) is 12.1. The van der Waals surface area contributed by atoms with Gasteiger partial charge < -0.3 is 5.32 Å². The van der Waals surface area contributed by atoms with Crippen LogP contribution in [-0.2, 0) is 6.42 Å². The highest BCUT2D eigenvalue weighted by molar-refractivity contribution is 5.24. The molecule has 0 aliphatic heterocycles. The quantitative estimate of drug-likeness (QED) is 0.754. The van der Waals surface area contributed by atoms with Gasteiger partial charge in [0, 0.05) is 5.54 Å². The number of hydrogen-bond acceptors (Lipinski definition) is 1. The van der Waals surface area contributed by atoms with Crippen molar-refractivity contribution in [2.24, 2.45) is 0 Å². The van der Waals surface area contributed by atoms with Crippen LogP contribution >= 0.6 is 0 Å². The number of hydrogen-bond donors (Lipinski definition) is 1. The first-order valence-electron chi connectivity index (χ1n) is 6.72. The minimum absolute atomic E-state index is 0.238. The van der Waals surface area contributed by atoms with Crippen molar-refractivity contribution in [3.63, 3.8) is 0 Å². The molecule has 0 atom stereocenters. The Labute approximate surface area is 107 Å². The van der Waals surface area contributed by atoms with E-state index in [9.17, 15) is 0 Å². The zero-order valence-electron chi connectivity index (χ0n) is 12.0. The second-order valence-corrected chi connectivity index (χ2v) is 6.18. The molecule has 0 heterocycles. The van der Waals surface area contributed by atoms with Gasteiger partial charge in [-0.05, 0) is 57.2 Å². The highest BCUT2D eigenvalue weighted by Gasteiger charge is 2.07. The molecule has 0 radical (unpaired) electrons. The van der Waals surface area contributed by atoms with Crippen molar-refractivity contribution in [1.82, 2.24) is 5.32 Å². The van der Waals surface area contributed by atoms with Crippen LogP contribution in [0, 0.1) is 0 Å². The average molecular weight is 233 g/mol. The summed E-state index contributed by atoms with van der Waals surface area (Å²) in [5.41, 5.74) is 3.12. The molecular weight excluding hydrogens is 206 g/mol. The standard InChI is InChI=1S/C16H27N/c1-13(2)15-10-8-14(9-11-15)7-6-12-17-16(3,4)5/h8-11,13,17H,6-7,12H2,1-5H3. The van der Waals surface area contributed by atoms with Crippen LogP contribution in [0.25, 0.3) is 0 Å². The van der Waals surface area contributed by atoms with Crippen molar-refractivity contribution in [3.05, 3.63) is 35.4 Å². The summed E-state index contributed by atoms with van der Waals surface area (Å²) in [6, 6.07) is 9.06. The second-order valence-electron chi connectivity index (χ2n) is 6.18. The minimum atomic E-state index is 0.238. The van der Waals surface area contributed by atoms with Gasteiger partial charge in [-0.15, -0.1) is 0 Å². The van der Waals surface area contributed by atoms with E-state index >= 15 is 0 Å². The van der Waals surface area contributed by atoms with Gasteiger partial charge in [-0.1, -0.05) is 38.1 Å². The number of rotatable bonds is 5. The smallest absolute Gasteiger partial charge is 0.00965 e. The Morgan fingerprint density at radius 2 is 1.65 bits per heavy atom. The van der Waals surface area contributed by atoms with Crippen LogP contribution in [-0.4, -0.2) is 12.1 Å². The maximum absolute atomic E-state index is 3.52. The van der Waals surface area contributed by atoms with Crippen LogP contribution in [0.3, 0.4) is 0 Å². The molecule has 0 amide bonds. The summed E-state index contributed by atoms with van der Waals surface area (Å²) >= 11 is 0. The number of benzene rings is 1. The molecule has 0 aliphatic carbocycles. The summed E-state index contributed by atoms with van der Waals surface area (Å²) in [5, 5.41) is 3.52. The summed E-state index contributed by atoms with van der Waals surface area (Å²) in [5.74, 6) is 0.631. The van der Waals surface area contributed by atoms with Crippen molar-refractivity contribution in [2.75, 3.05) is 6.54 Å². The highest BCUT2D eigenvalue weighted by atomic mass is 14.9. The van der Waals surface area contributed by atoms with E-state index in [1.54, 1.807) is 0 Å². The van der Waals surface area contributed by atoms with E-state index in [4.69, 9.17) is 0 Å². The maximum Gasteiger partial charge on any atom is 0.00965 e. The summed E-state index contributed by atoms with van der Waals surface area (Å²) in [6.45, 7) is 12.2. The van der Waals surface area contributed by atoms with Gasteiger partial charge in [0.1, 0.15) is 0 Å². The molecule has 0 saturated carbocycles. The van der Waals surface area contributed by atoms with E-state index in [1.165, 1.54) is 24.0 Å². The van der Waals surface area contributed by atoms with Gasteiger partial charge in [0.15, 0.2) is 0 Å². The largest absolute Gasteiger partial charge is 0.312 e. The molecule has 0 aromatic heterocycles. The number of aryl methyl sites for hydroxylation is 1. The first-order chi connectivity index (χ1) is 7.88. The Bertz CT molecular complexity index is 316. The predicted octanol–water partition coefficient (Wildman–Crippen LogP) is 4.13. The molecule has 0 spiro atoms. The monoisotopic (exact) mass is 233 g/mol. The summed E-state index contributed by atoms with van der Waals surface area (Å²) in [4.78, 5) is 0. The van der Waals surface area contributed by atoms with Crippen LogP contribution < -0.4 is 5.32 Å². The van der Waals surface area contributed by atoms with Crippen molar-refractivity contribution >= 4 is 0 Å². The molecule has 1 nitrogen and oxygen atoms in total. The SMILES string of the molecule is CC(C)c1ccc(CCCNC(C)(C)C)cc1. The molecule has 0 saturated heterocycles. The molecule has 0 unspecified atom stereocenters.